The third-order valence-corrected chi connectivity index (χ3v) is 4.92. The minimum atomic E-state index is -3.33. The molecule has 0 saturated carbocycles. The lowest BCUT2D eigenvalue weighted by atomic mass is 10.3. The first-order valence-corrected chi connectivity index (χ1v) is 6.76. The quantitative estimate of drug-likeness (QED) is 0.813. The van der Waals surface area contributed by atoms with Crippen molar-refractivity contribution in [3.05, 3.63) is 18.5 Å². The Hall–Kier alpha value is -0.850. The maximum absolute atomic E-state index is 12.2. The number of likely N-dealkylation sites (N-methyl/N-ethyl adjacent to an activating group) is 1. The van der Waals surface area contributed by atoms with E-state index in [1.54, 1.807) is 30.1 Å². The minimum absolute atomic E-state index is 0.0743. The molecule has 1 atom stereocenters. The highest BCUT2D eigenvalue weighted by atomic mass is 32.2. The summed E-state index contributed by atoms with van der Waals surface area (Å²) in [7, 11) is 0.139. The monoisotopic (exact) mass is 243 g/mol. The number of sulfonamides is 1. The van der Waals surface area contributed by atoms with Crippen LogP contribution in [-0.4, -0.2) is 43.5 Å². The van der Waals surface area contributed by atoms with Gasteiger partial charge in [-0.2, -0.15) is 4.31 Å². The molecule has 90 valence electrons. The largest absolute Gasteiger partial charge is 0.356 e. The molecular formula is C10H17N3O2S. The van der Waals surface area contributed by atoms with Crippen LogP contribution in [0.4, 0.5) is 0 Å². The van der Waals surface area contributed by atoms with Crippen molar-refractivity contribution >= 4 is 10.0 Å². The maximum Gasteiger partial charge on any atom is 0.244 e. The van der Waals surface area contributed by atoms with Crippen LogP contribution in [-0.2, 0) is 17.1 Å². The number of aromatic nitrogens is 1. The summed E-state index contributed by atoms with van der Waals surface area (Å²) >= 11 is 0. The van der Waals surface area contributed by atoms with E-state index in [1.165, 1.54) is 4.31 Å². The highest BCUT2D eigenvalue weighted by Crippen LogP contribution is 2.19. The topological polar surface area (TPSA) is 54.3 Å². The van der Waals surface area contributed by atoms with Gasteiger partial charge in [0.05, 0.1) is 4.90 Å². The van der Waals surface area contributed by atoms with Crippen LogP contribution in [0.15, 0.2) is 23.4 Å². The SMILES string of the molecule is CN(C1CCNC1)S(=O)(=O)c1ccn(C)c1. The Labute approximate surface area is 96.1 Å². The Morgan fingerprint density at radius 1 is 1.56 bits per heavy atom. The summed E-state index contributed by atoms with van der Waals surface area (Å²) < 4.78 is 27.7. The third-order valence-electron chi connectivity index (χ3n) is 3.03. The van der Waals surface area contributed by atoms with Crippen LogP contribution in [0.3, 0.4) is 0 Å². The molecule has 1 unspecified atom stereocenters. The molecule has 1 saturated heterocycles. The second-order valence-corrected chi connectivity index (χ2v) is 6.18. The molecule has 5 nitrogen and oxygen atoms in total. The van der Waals surface area contributed by atoms with Gasteiger partial charge in [-0.3, -0.25) is 0 Å². The molecule has 0 amide bonds. The van der Waals surface area contributed by atoms with Crippen molar-refractivity contribution < 1.29 is 8.42 Å². The van der Waals surface area contributed by atoms with Crippen molar-refractivity contribution in [1.29, 1.82) is 0 Å². The molecule has 16 heavy (non-hydrogen) atoms. The third kappa shape index (κ3) is 2.00. The van der Waals surface area contributed by atoms with E-state index in [1.807, 2.05) is 7.05 Å². The van der Waals surface area contributed by atoms with Crippen LogP contribution < -0.4 is 5.32 Å². The van der Waals surface area contributed by atoms with Gasteiger partial charge in [-0.15, -0.1) is 0 Å². The van der Waals surface area contributed by atoms with Crippen molar-refractivity contribution in [2.75, 3.05) is 20.1 Å². The van der Waals surface area contributed by atoms with Crippen LogP contribution in [0.1, 0.15) is 6.42 Å². The molecule has 0 aromatic carbocycles. The van der Waals surface area contributed by atoms with E-state index in [9.17, 15) is 8.42 Å². The summed E-state index contributed by atoms with van der Waals surface area (Å²) in [5.74, 6) is 0. The van der Waals surface area contributed by atoms with Gasteiger partial charge in [0.1, 0.15) is 0 Å². The molecule has 0 radical (unpaired) electrons. The van der Waals surface area contributed by atoms with Gasteiger partial charge in [-0.05, 0) is 19.0 Å². The van der Waals surface area contributed by atoms with Crippen molar-refractivity contribution in [3.63, 3.8) is 0 Å². The fourth-order valence-electron chi connectivity index (χ4n) is 1.94. The molecule has 0 aliphatic carbocycles. The van der Waals surface area contributed by atoms with Crippen molar-refractivity contribution in [2.45, 2.75) is 17.4 Å². The van der Waals surface area contributed by atoms with Crippen LogP contribution in [0.25, 0.3) is 0 Å². The van der Waals surface area contributed by atoms with Gasteiger partial charge in [0, 0.05) is 39.1 Å². The van der Waals surface area contributed by atoms with E-state index in [0.717, 1.165) is 19.5 Å². The van der Waals surface area contributed by atoms with E-state index in [-0.39, 0.29) is 6.04 Å². The zero-order chi connectivity index (χ0) is 11.8. The predicted molar refractivity (Wildman–Crippen MR) is 61.6 cm³/mol. The fraction of sp³-hybridized carbons (Fsp3) is 0.600. The van der Waals surface area contributed by atoms with E-state index < -0.39 is 10.0 Å². The number of hydrogen-bond acceptors (Lipinski definition) is 3. The lowest BCUT2D eigenvalue weighted by molar-refractivity contribution is 0.387. The van der Waals surface area contributed by atoms with Gasteiger partial charge in [-0.25, -0.2) is 8.42 Å². The predicted octanol–water partition coefficient (Wildman–Crippen LogP) is 0.00750. The number of nitrogens with zero attached hydrogens (tertiary/aromatic N) is 2. The zero-order valence-corrected chi connectivity index (χ0v) is 10.4. The summed E-state index contributed by atoms with van der Waals surface area (Å²) in [5.41, 5.74) is 0. The molecule has 0 bridgehead atoms. The standard InChI is InChI=1S/C10H17N3O2S/c1-12-6-4-10(8-12)16(14,15)13(2)9-3-5-11-7-9/h4,6,8-9,11H,3,5,7H2,1-2H3. The zero-order valence-electron chi connectivity index (χ0n) is 9.55. The number of hydrogen-bond donors (Lipinski definition) is 1. The van der Waals surface area contributed by atoms with Crippen LogP contribution in [0.2, 0.25) is 0 Å². The van der Waals surface area contributed by atoms with Gasteiger partial charge in [0.15, 0.2) is 0 Å². The van der Waals surface area contributed by atoms with E-state index in [0.29, 0.717) is 4.90 Å². The average Bonchev–Trinajstić information content (AvgIpc) is 2.86. The molecule has 1 aromatic rings. The second kappa shape index (κ2) is 4.20. The summed E-state index contributed by atoms with van der Waals surface area (Å²) in [6.07, 6.45) is 4.25. The van der Waals surface area contributed by atoms with E-state index in [4.69, 9.17) is 0 Å². The Balaban J connectivity index is 2.24. The number of aryl methyl sites for hydroxylation is 1. The Morgan fingerprint density at radius 3 is 2.81 bits per heavy atom. The molecule has 1 aliphatic heterocycles. The molecular weight excluding hydrogens is 226 g/mol. The Kier molecular flexibility index (Phi) is 3.05. The first-order valence-electron chi connectivity index (χ1n) is 5.32. The summed E-state index contributed by atoms with van der Waals surface area (Å²) in [6, 6.07) is 1.71. The Morgan fingerprint density at radius 2 is 2.31 bits per heavy atom. The lowest BCUT2D eigenvalue weighted by Gasteiger charge is -2.22. The smallest absolute Gasteiger partial charge is 0.244 e. The van der Waals surface area contributed by atoms with Gasteiger partial charge in [0.25, 0.3) is 0 Å². The van der Waals surface area contributed by atoms with Crippen LogP contribution in [0, 0.1) is 0 Å². The molecule has 6 heteroatoms. The average molecular weight is 243 g/mol. The molecule has 2 heterocycles. The van der Waals surface area contributed by atoms with Crippen molar-refractivity contribution in [3.8, 4) is 0 Å². The molecule has 2 rings (SSSR count). The van der Waals surface area contributed by atoms with Gasteiger partial charge in [0.2, 0.25) is 10.0 Å². The molecule has 0 spiro atoms. The number of nitrogens with one attached hydrogen (secondary N) is 1. The fourth-order valence-corrected chi connectivity index (χ4v) is 3.38. The van der Waals surface area contributed by atoms with Crippen LogP contribution >= 0.6 is 0 Å². The second-order valence-electron chi connectivity index (χ2n) is 4.18. The van der Waals surface area contributed by atoms with Crippen LogP contribution in [0.5, 0.6) is 0 Å². The van der Waals surface area contributed by atoms with Gasteiger partial charge < -0.3 is 9.88 Å². The summed E-state index contributed by atoms with van der Waals surface area (Å²) in [6.45, 7) is 1.63. The highest BCUT2D eigenvalue weighted by molar-refractivity contribution is 7.89. The molecule has 1 fully saturated rings. The van der Waals surface area contributed by atoms with E-state index in [2.05, 4.69) is 5.32 Å². The normalized spacial score (nSPS) is 21.8. The van der Waals surface area contributed by atoms with Crippen molar-refractivity contribution in [1.82, 2.24) is 14.2 Å². The molecule has 1 aliphatic rings. The first-order chi connectivity index (χ1) is 7.51. The minimum Gasteiger partial charge on any atom is -0.356 e. The highest BCUT2D eigenvalue weighted by Gasteiger charge is 2.30. The molecule has 1 N–H and O–H groups in total. The van der Waals surface area contributed by atoms with E-state index >= 15 is 0 Å². The first kappa shape index (κ1) is 11.6. The van der Waals surface area contributed by atoms with Gasteiger partial charge in [-0.1, -0.05) is 0 Å². The maximum atomic E-state index is 12.2. The molecule has 1 aromatic heterocycles. The number of rotatable bonds is 3. The summed E-state index contributed by atoms with van der Waals surface area (Å²) in [4.78, 5) is 0.365. The lowest BCUT2D eigenvalue weighted by Crippen LogP contribution is -2.38. The van der Waals surface area contributed by atoms with Crippen molar-refractivity contribution in [2.24, 2.45) is 7.05 Å². The van der Waals surface area contributed by atoms with Gasteiger partial charge >= 0.3 is 0 Å². The summed E-state index contributed by atoms with van der Waals surface area (Å²) in [5, 5.41) is 3.17. The Bertz CT molecular complexity index is 460.